The van der Waals surface area contributed by atoms with Gasteiger partial charge in [0.1, 0.15) is 5.75 Å². The molecule has 0 aromatic heterocycles. The number of carboxylic acid groups (broad SMARTS) is 1. The van der Waals surface area contributed by atoms with E-state index in [-0.39, 0.29) is 11.5 Å². The average Bonchev–Trinajstić information content (AvgIpc) is 2.53. The van der Waals surface area contributed by atoms with Gasteiger partial charge in [0.05, 0.1) is 12.7 Å². The van der Waals surface area contributed by atoms with Gasteiger partial charge in [0, 0.05) is 12.1 Å². The largest absolute Gasteiger partial charge is 0.497 e. The van der Waals surface area contributed by atoms with Gasteiger partial charge >= 0.3 is 5.97 Å². The van der Waals surface area contributed by atoms with E-state index in [9.17, 15) is 9.59 Å². The number of carbonyl (C=O) groups is 2. The molecule has 0 fully saturated rings. The first-order chi connectivity index (χ1) is 10.6. The standard InChI is InChI=1S/C17H17NO4/c1-22-15-7-2-4-12(10-15)8-9-16(19)18-14-6-3-5-13(11-14)17(20)21/h2-7,10-11H,8-9H2,1H3,(H,18,19)(H,20,21). The number of amides is 1. The molecule has 2 aromatic carbocycles. The lowest BCUT2D eigenvalue weighted by Gasteiger charge is -2.07. The summed E-state index contributed by atoms with van der Waals surface area (Å²) in [6.45, 7) is 0. The molecule has 0 atom stereocenters. The molecule has 0 saturated carbocycles. The van der Waals surface area contributed by atoms with Crippen LogP contribution in [0.25, 0.3) is 0 Å². The highest BCUT2D eigenvalue weighted by atomic mass is 16.5. The van der Waals surface area contributed by atoms with Crippen LogP contribution in [0.15, 0.2) is 48.5 Å². The molecule has 0 bridgehead atoms. The molecule has 2 rings (SSSR count). The van der Waals surface area contributed by atoms with Crippen LogP contribution in [0.2, 0.25) is 0 Å². The molecule has 22 heavy (non-hydrogen) atoms. The highest BCUT2D eigenvalue weighted by molar-refractivity contribution is 5.93. The van der Waals surface area contributed by atoms with Crippen LogP contribution in [0.1, 0.15) is 22.3 Å². The Balaban J connectivity index is 1.92. The zero-order chi connectivity index (χ0) is 15.9. The number of hydrogen-bond donors (Lipinski definition) is 2. The van der Waals surface area contributed by atoms with Crippen molar-refractivity contribution in [1.29, 1.82) is 0 Å². The monoisotopic (exact) mass is 299 g/mol. The number of carboxylic acids is 1. The summed E-state index contributed by atoms with van der Waals surface area (Å²) in [7, 11) is 1.60. The maximum atomic E-state index is 11.9. The van der Waals surface area contributed by atoms with E-state index in [1.165, 1.54) is 12.1 Å². The maximum absolute atomic E-state index is 11.9. The van der Waals surface area contributed by atoms with Crippen LogP contribution in [-0.4, -0.2) is 24.1 Å². The number of aromatic carboxylic acids is 1. The molecule has 0 aliphatic heterocycles. The van der Waals surface area contributed by atoms with E-state index in [4.69, 9.17) is 9.84 Å². The molecule has 2 N–H and O–H groups in total. The van der Waals surface area contributed by atoms with Crippen LogP contribution in [0.3, 0.4) is 0 Å². The fourth-order valence-corrected chi connectivity index (χ4v) is 2.04. The highest BCUT2D eigenvalue weighted by Crippen LogP contribution is 2.15. The smallest absolute Gasteiger partial charge is 0.335 e. The Kier molecular flexibility index (Phi) is 5.14. The Bertz CT molecular complexity index is 682. The summed E-state index contributed by atoms with van der Waals surface area (Å²) >= 11 is 0. The van der Waals surface area contributed by atoms with Crippen LogP contribution in [0.5, 0.6) is 5.75 Å². The average molecular weight is 299 g/mol. The fraction of sp³-hybridized carbons (Fsp3) is 0.176. The molecular weight excluding hydrogens is 282 g/mol. The third kappa shape index (κ3) is 4.34. The molecule has 0 radical (unpaired) electrons. The van der Waals surface area contributed by atoms with Gasteiger partial charge in [0.25, 0.3) is 0 Å². The van der Waals surface area contributed by atoms with Crippen molar-refractivity contribution in [3.63, 3.8) is 0 Å². The molecule has 0 unspecified atom stereocenters. The highest BCUT2D eigenvalue weighted by Gasteiger charge is 2.07. The molecule has 0 aliphatic rings. The number of benzene rings is 2. The molecule has 2 aromatic rings. The Labute approximate surface area is 128 Å². The number of hydrogen-bond acceptors (Lipinski definition) is 3. The summed E-state index contributed by atoms with van der Waals surface area (Å²) in [6, 6.07) is 13.7. The number of aryl methyl sites for hydroxylation is 1. The van der Waals surface area contributed by atoms with Crippen molar-refractivity contribution in [2.75, 3.05) is 12.4 Å². The van der Waals surface area contributed by atoms with Gasteiger partial charge in [-0.05, 0) is 42.3 Å². The van der Waals surface area contributed by atoms with E-state index in [0.29, 0.717) is 18.5 Å². The van der Waals surface area contributed by atoms with Crippen LogP contribution in [0, 0.1) is 0 Å². The summed E-state index contributed by atoms with van der Waals surface area (Å²) in [5.41, 5.74) is 1.63. The van der Waals surface area contributed by atoms with Crippen molar-refractivity contribution >= 4 is 17.6 Å². The summed E-state index contributed by atoms with van der Waals surface area (Å²) < 4.78 is 5.14. The van der Waals surface area contributed by atoms with Gasteiger partial charge in [0.15, 0.2) is 0 Å². The lowest BCUT2D eigenvalue weighted by molar-refractivity contribution is -0.116. The van der Waals surface area contributed by atoms with E-state index in [1.807, 2.05) is 24.3 Å². The number of nitrogens with one attached hydrogen (secondary N) is 1. The van der Waals surface area contributed by atoms with Crippen LogP contribution >= 0.6 is 0 Å². The zero-order valence-electron chi connectivity index (χ0n) is 12.2. The van der Waals surface area contributed by atoms with Crippen LogP contribution in [-0.2, 0) is 11.2 Å². The van der Waals surface area contributed by atoms with Crippen molar-refractivity contribution in [2.24, 2.45) is 0 Å². The third-order valence-electron chi connectivity index (χ3n) is 3.17. The minimum atomic E-state index is -1.02. The van der Waals surface area contributed by atoms with Crippen LogP contribution < -0.4 is 10.1 Å². The van der Waals surface area contributed by atoms with Crippen LogP contribution in [0.4, 0.5) is 5.69 Å². The summed E-state index contributed by atoms with van der Waals surface area (Å²) in [6.07, 6.45) is 0.895. The normalized spacial score (nSPS) is 10.0. The van der Waals surface area contributed by atoms with Crippen molar-refractivity contribution in [3.05, 3.63) is 59.7 Å². The molecule has 114 valence electrons. The van der Waals surface area contributed by atoms with Gasteiger partial charge < -0.3 is 15.2 Å². The van der Waals surface area contributed by atoms with Crippen molar-refractivity contribution in [1.82, 2.24) is 0 Å². The molecule has 0 spiro atoms. The second kappa shape index (κ2) is 7.26. The fourth-order valence-electron chi connectivity index (χ4n) is 2.04. The minimum Gasteiger partial charge on any atom is -0.497 e. The van der Waals surface area contributed by atoms with E-state index < -0.39 is 5.97 Å². The summed E-state index contributed by atoms with van der Waals surface area (Å²) in [4.78, 5) is 22.8. The first-order valence-electron chi connectivity index (χ1n) is 6.84. The lowest BCUT2D eigenvalue weighted by Crippen LogP contribution is -2.12. The van der Waals surface area contributed by atoms with Gasteiger partial charge in [-0.2, -0.15) is 0 Å². The third-order valence-corrected chi connectivity index (χ3v) is 3.17. The van der Waals surface area contributed by atoms with Crippen molar-refractivity contribution < 1.29 is 19.4 Å². The first-order valence-corrected chi connectivity index (χ1v) is 6.84. The Hall–Kier alpha value is -2.82. The topological polar surface area (TPSA) is 75.6 Å². The molecule has 5 heteroatoms. The molecule has 0 saturated heterocycles. The molecule has 5 nitrogen and oxygen atoms in total. The Morgan fingerprint density at radius 3 is 2.64 bits per heavy atom. The van der Waals surface area contributed by atoms with Gasteiger partial charge in [-0.3, -0.25) is 4.79 Å². The van der Waals surface area contributed by atoms with E-state index >= 15 is 0 Å². The lowest BCUT2D eigenvalue weighted by atomic mass is 10.1. The summed E-state index contributed by atoms with van der Waals surface area (Å²) in [5.74, 6) is -0.426. The number of anilines is 1. The van der Waals surface area contributed by atoms with E-state index in [2.05, 4.69) is 5.32 Å². The van der Waals surface area contributed by atoms with E-state index in [1.54, 1.807) is 19.2 Å². The molecule has 1 amide bonds. The molecular formula is C17H17NO4. The van der Waals surface area contributed by atoms with Crippen molar-refractivity contribution in [3.8, 4) is 5.75 Å². The van der Waals surface area contributed by atoms with Gasteiger partial charge in [-0.15, -0.1) is 0 Å². The minimum absolute atomic E-state index is 0.144. The molecule has 0 heterocycles. The Morgan fingerprint density at radius 2 is 1.91 bits per heavy atom. The predicted octanol–water partition coefficient (Wildman–Crippen LogP) is 2.96. The Morgan fingerprint density at radius 1 is 1.14 bits per heavy atom. The number of rotatable bonds is 6. The summed E-state index contributed by atoms with van der Waals surface area (Å²) in [5, 5.41) is 11.6. The molecule has 0 aliphatic carbocycles. The SMILES string of the molecule is COc1cccc(CCC(=O)Nc2cccc(C(=O)O)c2)c1. The second-order valence-electron chi connectivity index (χ2n) is 4.79. The van der Waals surface area contributed by atoms with Gasteiger partial charge in [-0.25, -0.2) is 4.79 Å². The zero-order valence-corrected chi connectivity index (χ0v) is 12.2. The van der Waals surface area contributed by atoms with Crippen molar-refractivity contribution in [2.45, 2.75) is 12.8 Å². The predicted molar refractivity (Wildman–Crippen MR) is 83.3 cm³/mol. The first kappa shape index (κ1) is 15.6. The number of methoxy groups -OCH3 is 1. The maximum Gasteiger partial charge on any atom is 0.335 e. The van der Waals surface area contributed by atoms with Gasteiger partial charge in [0.2, 0.25) is 5.91 Å². The quantitative estimate of drug-likeness (QED) is 0.860. The van der Waals surface area contributed by atoms with E-state index in [0.717, 1.165) is 11.3 Å². The number of carbonyl (C=O) groups excluding carboxylic acids is 1. The van der Waals surface area contributed by atoms with Gasteiger partial charge in [-0.1, -0.05) is 18.2 Å². The number of ether oxygens (including phenoxy) is 1. The second-order valence-corrected chi connectivity index (χ2v) is 4.79.